The molecule has 1 rings (SSSR count). The molecule has 0 bridgehead atoms. The van der Waals surface area contributed by atoms with Gasteiger partial charge in [-0.1, -0.05) is 65.5 Å². The van der Waals surface area contributed by atoms with Crippen LogP contribution >= 0.6 is 0 Å². The molecule has 0 aliphatic rings. The van der Waals surface area contributed by atoms with Crippen molar-refractivity contribution in [2.45, 2.75) is 65.3 Å². The van der Waals surface area contributed by atoms with Crippen molar-refractivity contribution >= 4 is 5.69 Å². The van der Waals surface area contributed by atoms with Crippen molar-refractivity contribution in [1.29, 1.82) is 0 Å². The monoisotopic (exact) mass is 412 g/mol. The number of nitrogens with one attached hydrogen (secondary N) is 4. The third-order valence-electron chi connectivity index (χ3n) is 5.15. The zero-order valence-electron chi connectivity index (χ0n) is 19.7. The van der Waals surface area contributed by atoms with E-state index >= 15 is 0 Å². The number of benzene rings is 1. The molecule has 0 heterocycles. The van der Waals surface area contributed by atoms with Crippen molar-refractivity contribution in [2.75, 3.05) is 25.5 Å². The number of rotatable bonds is 17. The quantitative estimate of drug-likeness (QED) is 0.252. The van der Waals surface area contributed by atoms with Gasteiger partial charge in [0.15, 0.2) is 0 Å². The van der Waals surface area contributed by atoms with Gasteiger partial charge in [-0.15, -0.1) is 0 Å². The van der Waals surface area contributed by atoms with Gasteiger partial charge in [0.1, 0.15) is 0 Å². The minimum absolute atomic E-state index is 0.149. The number of allylic oxidation sites excluding steroid dienone is 1. The first kappa shape index (κ1) is 25.8. The Labute approximate surface area is 185 Å². The van der Waals surface area contributed by atoms with Crippen LogP contribution in [0.4, 0.5) is 5.69 Å². The fraction of sp³-hybridized carbons (Fsp3) is 0.538. The number of hydrogen-bond donors (Lipinski definition) is 4. The van der Waals surface area contributed by atoms with Crippen LogP contribution in [0, 0.1) is 5.92 Å². The molecule has 0 amide bonds. The molecule has 1 aromatic carbocycles. The number of hydrogen-bond acceptors (Lipinski definition) is 4. The third-order valence-corrected chi connectivity index (χ3v) is 5.15. The zero-order valence-corrected chi connectivity index (χ0v) is 19.7. The Morgan fingerprint density at radius 1 is 0.967 bits per heavy atom. The van der Waals surface area contributed by atoms with E-state index in [1.54, 1.807) is 0 Å². The van der Waals surface area contributed by atoms with Gasteiger partial charge in [0.2, 0.25) is 0 Å². The van der Waals surface area contributed by atoms with Crippen LogP contribution in [0.3, 0.4) is 0 Å². The highest BCUT2D eigenvalue weighted by atomic mass is 15.0. The fourth-order valence-corrected chi connectivity index (χ4v) is 3.39. The summed E-state index contributed by atoms with van der Waals surface area (Å²) in [6.07, 6.45) is 6.88. The van der Waals surface area contributed by atoms with Gasteiger partial charge in [-0.2, -0.15) is 0 Å². The number of anilines is 1. The van der Waals surface area contributed by atoms with Crippen molar-refractivity contribution in [3.05, 3.63) is 66.7 Å². The lowest BCUT2D eigenvalue weighted by molar-refractivity contribution is 0.453. The molecule has 1 atom stereocenters. The molecule has 0 saturated carbocycles. The van der Waals surface area contributed by atoms with Crippen LogP contribution in [0.1, 0.15) is 58.4 Å². The average Bonchev–Trinajstić information content (AvgIpc) is 2.71. The maximum Gasteiger partial charge on any atom is 0.0673 e. The van der Waals surface area contributed by atoms with Gasteiger partial charge in [-0.3, -0.25) is 0 Å². The lowest BCUT2D eigenvalue weighted by Crippen LogP contribution is -2.40. The first-order chi connectivity index (χ1) is 14.4. The molecule has 4 heteroatoms. The summed E-state index contributed by atoms with van der Waals surface area (Å²) in [5.41, 5.74) is 5.42. The molecule has 0 saturated heterocycles. The van der Waals surface area contributed by atoms with E-state index in [9.17, 15) is 0 Å². The Bertz CT molecular complexity index is 646. The minimum atomic E-state index is 0.149. The van der Waals surface area contributed by atoms with Gasteiger partial charge in [0.05, 0.1) is 12.6 Å². The maximum atomic E-state index is 4.27. The second-order valence-corrected chi connectivity index (χ2v) is 8.44. The van der Waals surface area contributed by atoms with Crippen molar-refractivity contribution in [1.82, 2.24) is 16.0 Å². The summed E-state index contributed by atoms with van der Waals surface area (Å²) >= 11 is 0. The van der Waals surface area contributed by atoms with Gasteiger partial charge in [-0.25, -0.2) is 0 Å². The minimum Gasteiger partial charge on any atom is -0.382 e. The van der Waals surface area contributed by atoms with E-state index in [1.165, 1.54) is 24.8 Å². The molecule has 168 valence electrons. The molecule has 0 aliphatic carbocycles. The van der Waals surface area contributed by atoms with Crippen LogP contribution in [0.2, 0.25) is 0 Å². The predicted molar refractivity (Wildman–Crippen MR) is 134 cm³/mol. The number of aryl methyl sites for hydroxylation is 1. The Morgan fingerprint density at radius 3 is 2.27 bits per heavy atom. The number of unbranched alkanes of at least 4 members (excludes halogenated alkanes) is 2. The molecule has 0 fully saturated rings. The van der Waals surface area contributed by atoms with Crippen LogP contribution in [0.5, 0.6) is 0 Å². The van der Waals surface area contributed by atoms with E-state index in [4.69, 9.17) is 0 Å². The Morgan fingerprint density at radius 2 is 1.67 bits per heavy atom. The summed E-state index contributed by atoms with van der Waals surface area (Å²) in [6, 6.07) is 8.73. The Balaban J connectivity index is 2.42. The molecule has 30 heavy (non-hydrogen) atoms. The molecular weight excluding hydrogens is 368 g/mol. The van der Waals surface area contributed by atoms with E-state index in [-0.39, 0.29) is 6.04 Å². The summed E-state index contributed by atoms with van der Waals surface area (Å²) < 4.78 is 0. The van der Waals surface area contributed by atoms with Gasteiger partial charge in [-0.05, 0) is 62.9 Å². The molecule has 0 aromatic heterocycles. The van der Waals surface area contributed by atoms with E-state index < -0.39 is 0 Å². The Kier molecular flexibility index (Phi) is 12.7. The van der Waals surface area contributed by atoms with Gasteiger partial charge in [0, 0.05) is 22.8 Å². The highest BCUT2D eigenvalue weighted by Crippen LogP contribution is 2.15. The summed E-state index contributed by atoms with van der Waals surface area (Å²) in [5, 5.41) is 13.6. The maximum absolute atomic E-state index is 4.27. The smallest absolute Gasteiger partial charge is 0.0673 e. The molecule has 1 unspecified atom stereocenters. The van der Waals surface area contributed by atoms with Crippen molar-refractivity contribution in [2.24, 2.45) is 5.92 Å². The highest BCUT2D eigenvalue weighted by Gasteiger charge is 2.17. The summed E-state index contributed by atoms with van der Waals surface area (Å²) in [5.74, 6) is 0.415. The normalized spacial score (nSPS) is 11.8. The van der Waals surface area contributed by atoms with E-state index in [0.29, 0.717) is 12.5 Å². The predicted octanol–water partition coefficient (Wildman–Crippen LogP) is 5.58. The van der Waals surface area contributed by atoms with Gasteiger partial charge < -0.3 is 21.3 Å². The standard InChI is InChI=1S/C26H44N4/c1-8-12-24-14-16-25(17-15-24)29-22(5)19-28-23(6)26(20(2)3)30-21(4)13-10-9-11-18-27-7/h14-17,20,26-30H,4-6,8-13,18-19H2,1-3,7H3. The van der Waals surface area contributed by atoms with Crippen LogP contribution < -0.4 is 21.3 Å². The Hall–Kier alpha value is -2.20. The molecule has 4 nitrogen and oxygen atoms in total. The first-order valence-electron chi connectivity index (χ1n) is 11.4. The highest BCUT2D eigenvalue weighted by molar-refractivity contribution is 5.49. The lowest BCUT2D eigenvalue weighted by atomic mass is 10.0. The van der Waals surface area contributed by atoms with E-state index in [2.05, 4.69) is 86.0 Å². The molecule has 4 N–H and O–H groups in total. The van der Waals surface area contributed by atoms with Crippen molar-refractivity contribution < 1.29 is 0 Å². The summed E-state index contributed by atoms with van der Waals surface area (Å²) in [6.45, 7) is 21.0. The first-order valence-corrected chi connectivity index (χ1v) is 11.4. The van der Waals surface area contributed by atoms with Crippen LogP contribution in [-0.4, -0.2) is 26.2 Å². The molecule has 0 radical (unpaired) electrons. The second kappa shape index (κ2) is 14.7. The molecule has 1 aromatic rings. The van der Waals surface area contributed by atoms with E-state index in [1.807, 2.05) is 7.05 Å². The van der Waals surface area contributed by atoms with Crippen LogP contribution in [0.15, 0.2) is 61.1 Å². The fourth-order valence-electron chi connectivity index (χ4n) is 3.39. The molecule has 0 aliphatic heterocycles. The van der Waals surface area contributed by atoms with Crippen LogP contribution in [0.25, 0.3) is 0 Å². The second-order valence-electron chi connectivity index (χ2n) is 8.44. The van der Waals surface area contributed by atoms with Gasteiger partial charge >= 0.3 is 0 Å². The average molecular weight is 413 g/mol. The topological polar surface area (TPSA) is 48.1 Å². The third kappa shape index (κ3) is 10.5. The zero-order chi connectivity index (χ0) is 22.4. The van der Waals surface area contributed by atoms with Crippen LogP contribution in [-0.2, 0) is 6.42 Å². The van der Waals surface area contributed by atoms with Gasteiger partial charge in [0.25, 0.3) is 0 Å². The van der Waals surface area contributed by atoms with E-state index in [0.717, 1.165) is 48.6 Å². The van der Waals surface area contributed by atoms with Crippen molar-refractivity contribution in [3.8, 4) is 0 Å². The summed E-state index contributed by atoms with van der Waals surface area (Å²) in [4.78, 5) is 0. The van der Waals surface area contributed by atoms with Crippen molar-refractivity contribution in [3.63, 3.8) is 0 Å². The SMILES string of the molecule is C=C(CNC(=C)C(NC(=C)CCCCCNC)C(C)C)Nc1ccc(CCC)cc1. The lowest BCUT2D eigenvalue weighted by Gasteiger charge is -2.28. The summed E-state index contributed by atoms with van der Waals surface area (Å²) in [7, 11) is 2.00. The molecule has 0 spiro atoms. The molecular formula is C26H44N4. The largest absolute Gasteiger partial charge is 0.382 e.